The number of para-hydroxylation sites is 1. The summed E-state index contributed by atoms with van der Waals surface area (Å²) in [7, 11) is 1.73. The average Bonchev–Trinajstić information content (AvgIpc) is 3.21. The van der Waals surface area contributed by atoms with Crippen LogP contribution in [0.4, 0.5) is 4.39 Å². The summed E-state index contributed by atoms with van der Waals surface area (Å²) in [5.41, 5.74) is 0. The SMILES string of the molecule is CO[C@@H]1C[C@@H](c2nc(C3CC3)n[nH]2)N(CCOc2ccccc2F)C1. The first-order chi connectivity index (χ1) is 12.2. The normalized spacial score (nSPS) is 23.9. The summed E-state index contributed by atoms with van der Waals surface area (Å²) in [5.74, 6) is 2.31. The van der Waals surface area contributed by atoms with Crippen molar-refractivity contribution >= 4 is 0 Å². The van der Waals surface area contributed by atoms with Crippen molar-refractivity contribution in [3.05, 3.63) is 41.7 Å². The summed E-state index contributed by atoms with van der Waals surface area (Å²) in [6.45, 7) is 1.90. The minimum atomic E-state index is -0.334. The molecular formula is C18H23FN4O2. The highest BCUT2D eigenvalue weighted by Gasteiger charge is 2.36. The van der Waals surface area contributed by atoms with Gasteiger partial charge in [0.25, 0.3) is 0 Å². The number of nitrogens with one attached hydrogen (secondary N) is 1. The zero-order chi connectivity index (χ0) is 17.2. The van der Waals surface area contributed by atoms with Gasteiger partial charge in [-0.15, -0.1) is 0 Å². The zero-order valence-electron chi connectivity index (χ0n) is 14.3. The van der Waals surface area contributed by atoms with Gasteiger partial charge in [-0.25, -0.2) is 9.37 Å². The van der Waals surface area contributed by atoms with E-state index >= 15 is 0 Å². The molecule has 1 aliphatic carbocycles. The van der Waals surface area contributed by atoms with Crippen LogP contribution in [0, 0.1) is 5.82 Å². The number of aromatic amines is 1. The van der Waals surface area contributed by atoms with Crippen LogP contribution >= 0.6 is 0 Å². The molecule has 2 aliphatic rings. The third-order valence-electron chi connectivity index (χ3n) is 4.95. The molecule has 2 fully saturated rings. The first kappa shape index (κ1) is 16.5. The van der Waals surface area contributed by atoms with Crippen LogP contribution in [0.25, 0.3) is 0 Å². The number of likely N-dealkylation sites (tertiary alicyclic amines) is 1. The molecule has 1 aromatic heterocycles. The minimum Gasteiger partial charge on any atom is -0.489 e. The highest BCUT2D eigenvalue weighted by Crippen LogP contribution is 2.39. The van der Waals surface area contributed by atoms with E-state index in [4.69, 9.17) is 9.47 Å². The smallest absolute Gasteiger partial charge is 0.165 e. The van der Waals surface area contributed by atoms with Crippen molar-refractivity contribution in [2.45, 2.75) is 37.3 Å². The molecule has 4 rings (SSSR count). The number of hydrogen-bond donors (Lipinski definition) is 1. The Kier molecular flexibility index (Phi) is 4.67. The van der Waals surface area contributed by atoms with Gasteiger partial charge < -0.3 is 9.47 Å². The molecule has 6 nitrogen and oxygen atoms in total. The number of ether oxygens (including phenoxy) is 2. The molecule has 1 saturated carbocycles. The molecule has 25 heavy (non-hydrogen) atoms. The number of nitrogens with zero attached hydrogens (tertiary/aromatic N) is 3. The number of aromatic nitrogens is 3. The quantitative estimate of drug-likeness (QED) is 0.835. The van der Waals surface area contributed by atoms with E-state index in [2.05, 4.69) is 20.1 Å². The molecule has 2 heterocycles. The monoisotopic (exact) mass is 346 g/mol. The summed E-state index contributed by atoms with van der Waals surface area (Å²) in [4.78, 5) is 6.96. The second kappa shape index (κ2) is 7.09. The van der Waals surface area contributed by atoms with Crippen LogP contribution in [0.1, 0.15) is 42.9 Å². The summed E-state index contributed by atoms with van der Waals surface area (Å²) in [5, 5.41) is 7.46. The molecule has 0 spiro atoms. The standard InChI is InChI=1S/C18H23FN4O2/c1-24-13-10-15(18-20-17(21-22-18)12-6-7-12)23(11-13)8-9-25-16-5-3-2-4-14(16)19/h2-5,12-13,15H,6-11H2,1H3,(H,20,21,22)/t13-,15+/m1/s1. The van der Waals surface area contributed by atoms with Crippen molar-refractivity contribution in [3.63, 3.8) is 0 Å². The number of methoxy groups -OCH3 is 1. The van der Waals surface area contributed by atoms with Crippen LogP contribution in [-0.2, 0) is 4.74 Å². The molecule has 0 unspecified atom stereocenters. The maximum atomic E-state index is 13.7. The second-order valence-electron chi connectivity index (χ2n) is 6.74. The summed E-state index contributed by atoms with van der Waals surface area (Å²) >= 11 is 0. The Bertz CT molecular complexity index is 719. The predicted octanol–water partition coefficient (Wildman–Crippen LogP) is 2.66. The van der Waals surface area contributed by atoms with Crippen molar-refractivity contribution in [2.24, 2.45) is 0 Å². The van der Waals surface area contributed by atoms with E-state index in [9.17, 15) is 4.39 Å². The van der Waals surface area contributed by atoms with Gasteiger partial charge in [0.2, 0.25) is 0 Å². The van der Waals surface area contributed by atoms with Gasteiger partial charge in [-0.1, -0.05) is 12.1 Å². The Morgan fingerprint density at radius 2 is 2.16 bits per heavy atom. The fourth-order valence-electron chi connectivity index (χ4n) is 3.36. The number of hydrogen-bond acceptors (Lipinski definition) is 5. The third kappa shape index (κ3) is 3.67. The Balaban J connectivity index is 1.39. The molecule has 0 amide bonds. The third-order valence-corrected chi connectivity index (χ3v) is 4.95. The van der Waals surface area contributed by atoms with Gasteiger partial charge in [0, 0.05) is 26.1 Å². The van der Waals surface area contributed by atoms with Gasteiger partial charge in [0.1, 0.15) is 12.4 Å². The van der Waals surface area contributed by atoms with Crippen molar-refractivity contribution in [3.8, 4) is 5.75 Å². The molecule has 134 valence electrons. The fraction of sp³-hybridized carbons (Fsp3) is 0.556. The summed E-state index contributed by atoms with van der Waals surface area (Å²) < 4.78 is 24.8. The summed E-state index contributed by atoms with van der Waals surface area (Å²) in [6.07, 6.45) is 3.40. The fourth-order valence-corrected chi connectivity index (χ4v) is 3.36. The second-order valence-corrected chi connectivity index (χ2v) is 6.74. The number of halogens is 1. The Morgan fingerprint density at radius 3 is 2.92 bits per heavy atom. The molecule has 1 N–H and O–H groups in total. The molecule has 0 radical (unpaired) electrons. The Morgan fingerprint density at radius 1 is 1.32 bits per heavy atom. The lowest BCUT2D eigenvalue weighted by Crippen LogP contribution is -2.30. The van der Waals surface area contributed by atoms with Crippen molar-refractivity contribution in [2.75, 3.05) is 26.8 Å². The lowest BCUT2D eigenvalue weighted by atomic mass is 10.2. The van der Waals surface area contributed by atoms with Crippen LogP contribution in [0.15, 0.2) is 24.3 Å². The average molecular weight is 346 g/mol. The Hall–Kier alpha value is -1.99. The molecule has 1 aliphatic heterocycles. The molecule has 2 aromatic rings. The van der Waals surface area contributed by atoms with Gasteiger partial charge in [-0.2, -0.15) is 5.10 Å². The van der Waals surface area contributed by atoms with E-state index in [1.807, 2.05) is 0 Å². The first-order valence-electron chi connectivity index (χ1n) is 8.81. The number of H-pyrrole nitrogens is 1. The van der Waals surface area contributed by atoms with E-state index in [1.165, 1.54) is 18.9 Å². The number of rotatable bonds is 7. The van der Waals surface area contributed by atoms with Gasteiger partial charge in [-0.05, 0) is 31.4 Å². The van der Waals surface area contributed by atoms with Gasteiger partial charge in [0.05, 0.1) is 12.1 Å². The van der Waals surface area contributed by atoms with E-state index in [0.29, 0.717) is 19.1 Å². The maximum absolute atomic E-state index is 13.7. The zero-order valence-corrected chi connectivity index (χ0v) is 14.3. The van der Waals surface area contributed by atoms with E-state index in [-0.39, 0.29) is 23.7 Å². The first-order valence-corrected chi connectivity index (χ1v) is 8.81. The molecule has 7 heteroatoms. The highest BCUT2D eigenvalue weighted by molar-refractivity contribution is 5.23. The van der Waals surface area contributed by atoms with Crippen LogP contribution in [0.3, 0.4) is 0 Å². The molecule has 1 aromatic carbocycles. The van der Waals surface area contributed by atoms with E-state index < -0.39 is 0 Å². The molecular weight excluding hydrogens is 323 g/mol. The van der Waals surface area contributed by atoms with Crippen LogP contribution in [0.2, 0.25) is 0 Å². The van der Waals surface area contributed by atoms with E-state index in [1.54, 1.807) is 25.3 Å². The van der Waals surface area contributed by atoms with Gasteiger partial charge in [-0.3, -0.25) is 10.00 Å². The maximum Gasteiger partial charge on any atom is 0.165 e. The van der Waals surface area contributed by atoms with E-state index in [0.717, 1.165) is 24.6 Å². The largest absolute Gasteiger partial charge is 0.489 e. The minimum absolute atomic E-state index is 0.133. The molecule has 1 saturated heterocycles. The van der Waals surface area contributed by atoms with Gasteiger partial charge >= 0.3 is 0 Å². The lowest BCUT2D eigenvalue weighted by molar-refractivity contribution is 0.105. The molecule has 2 atom stereocenters. The highest BCUT2D eigenvalue weighted by atomic mass is 19.1. The van der Waals surface area contributed by atoms with Crippen LogP contribution < -0.4 is 4.74 Å². The number of benzene rings is 1. The van der Waals surface area contributed by atoms with Crippen molar-refractivity contribution < 1.29 is 13.9 Å². The van der Waals surface area contributed by atoms with Crippen LogP contribution in [0.5, 0.6) is 5.75 Å². The summed E-state index contributed by atoms with van der Waals surface area (Å²) in [6, 6.07) is 6.61. The van der Waals surface area contributed by atoms with Gasteiger partial charge in [0.15, 0.2) is 17.4 Å². The molecule has 0 bridgehead atoms. The van der Waals surface area contributed by atoms with Crippen LogP contribution in [-0.4, -0.2) is 53.0 Å². The lowest BCUT2D eigenvalue weighted by Gasteiger charge is -2.22. The Labute approximate surface area is 146 Å². The topological polar surface area (TPSA) is 63.3 Å². The predicted molar refractivity (Wildman–Crippen MR) is 90.0 cm³/mol. The van der Waals surface area contributed by atoms with Crippen molar-refractivity contribution in [1.29, 1.82) is 0 Å². The van der Waals surface area contributed by atoms with Crippen molar-refractivity contribution in [1.82, 2.24) is 20.1 Å².